The van der Waals surface area contributed by atoms with E-state index in [-0.39, 0.29) is 23.8 Å². The number of rotatable bonds is 3. The van der Waals surface area contributed by atoms with E-state index < -0.39 is 0 Å². The number of hydrogen-bond donors (Lipinski definition) is 1. The first kappa shape index (κ1) is 17.4. The van der Waals surface area contributed by atoms with Crippen molar-refractivity contribution in [3.05, 3.63) is 71.1 Å². The van der Waals surface area contributed by atoms with E-state index in [1.54, 1.807) is 25.3 Å². The Kier molecular flexibility index (Phi) is 4.02. The fourth-order valence-corrected chi connectivity index (χ4v) is 4.84. The van der Waals surface area contributed by atoms with E-state index in [0.29, 0.717) is 16.9 Å². The summed E-state index contributed by atoms with van der Waals surface area (Å²) in [5, 5.41) is 4.58. The molecule has 4 atom stereocenters. The van der Waals surface area contributed by atoms with Crippen LogP contribution in [0.4, 0.5) is 10.1 Å². The molecular weight excluding hydrogens is 377 g/mol. The molecule has 0 spiro atoms. The number of nitrogens with one attached hydrogen (secondary N) is 1. The van der Waals surface area contributed by atoms with Gasteiger partial charge >= 0.3 is 0 Å². The van der Waals surface area contributed by atoms with Crippen molar-refractivity contribution >= 4 is 34.1 Å². The first-order chi connectivity index (χ1) is 13.5. The molecule has 0 bridgehead atoms. The quantitative estimate of drug-likeness (QED) is 0.717. The van der Waals surface area contributed by atoms with Crippen molar-refractivity contribution in [3.63, 3.8) is 0 Å². The first-order valence-electron chi connectivity index (χ1n) is 9.36. The Hall–Kier alpha value is -2.66. The molecule has 6 heteroatoms. The van der Waals surface area contributed by atoms with E-state index in [1.165, 1.54) is 6.07 Å². The number of carbonyl (C=O) groups is 1. The molecule has 1 amide bonds. The number of anilines is 1. The second-order valence-electron chi connectivity index (χ2n) is 7.61. The third-order valence-electron chi connectivity index (χ3n) is 5.91. The maximum absolute atomic E-state index is 14.0. The SMILES string of the molecule is CC(=O)NC1C2CN(c3ccnc4ccc(F)cc34)C(c3ccc(Cl)cc3)C21. The summed E-state index contributed by atoms with van der Waals surface area (Å²) in [6, 6.07) is 14.8. The van der Waals surface area contributed by atoms with Gasteiger partial charge in [-0.3, -0.25) is 9.78 Å². The maximum atomic E-state index is 14.0. The number of pyridine rings is 1. The smallest absolute Gasteiger partial charge is 0.217 e. The van der Waals surface area contributed by atoms with Gasteiger partial charge in [0.25, 0.3) is 0 Å². The number of nitrogens with zero attached hydrogens (tertiary/aromatic N) is 2. The highest BCUT2D eigenvalue weighted by Gasteiger charge is 2.62. The highest BCUT2D eigenvalue weighted by atomic mass is 35.5. The number of aromatic nitrogens is 1. The summed E-state index contributed by atoms with van der Waals surface area (Å²) in [5.41, 5.74) is 2.89. The number of carbonyl (C=O) groups excluding carboxylic acids is 1. The van der Waals surface area contributed by atoms with Crippen LogP contribution in [0.1, 0.15) is 18.5 Å². The lowest BCUT2D eigenvalue weighted by molar-refractivity contribution is -0.119. The summed E-state index contributed by atoms with van der Waals surface area (Å²) in [6.07, 6.45) is 1.77. The lowest BCUT2D eigenvalue weighted by Crippen LogP contribution is -2.35. The highest BCUT2D eigenvalue weighted by Crippen LogP contribution is 2.58. The Balaban J connectivity index is 1.59. The van der Waals surface area contributed by atoms with Crippen LogP contribution < -0.4 is 10.2 Å². The molecule has 2 aromatic carbocycles. The topological polar surface area (TPSA) is 45.2 Å². The molecule has 2 heterocycles. The average molecular weight is 396 g/mol. The molecule has 2 aliphatic rings. The van der Waals surface area contributed by atoms with Crippen LogP contribution in [-0.4, -0.2) is 23.5 Å². The zero-order valence-electron chi connectivity index (χ0n) is 15.3. The third kappa shape index (κ3) is 2.81. The third-order valence-corrected chi connectivity index (χ3v) is 6.16. The molecule has 1 saturated heterocycles. The summed E-state index contributed by atoms with van der Waals surface area (Å²) in [5.74, 6) is 0.422. The largest absolute Gasteiger partial charge is 0.363 e. The van der Waals surface area contributed by atoms with E-state index in [0.717, 1.165) is 28.7 Å². The van der Waals surface area contributed by atoms with E-state index in [9.17, 15) is 9.18 Å². The van der Waals surface area contributed by atoms with Gasteiger partial charge in [0.05, 0.1) is 11.6 Å². The molecule has 5 rings (SSSR count). The Morgan fingerprint density at radius 3 is 2.75 bits per heavy atom. The lowest BCUT2D eigenvalue weighted by atomic mass is 10.0. The zero-order valence-corrected chi connectivity index (χ0v) is 16.0. The maximum Gasteiger partial charge on any atom is 0.217 e. The van der Waals surface area contributed by atoms with Gasteiger partial charge in [-0.05, 0) is 42.0 Å². The Bertz CT molecular complexity index is 1070. The number of hydrogen-bond acceptors (Lipinski definition) is 3. The van der Waals surface area contributed by atoms with Gasteiger partial charge in [-0.2, -0.15) is 0 Å². The number of amides is 1. The first-order valence-corrected chi connectivity index (χ1v) is 9.74. The molecule has 1 aliphatic carbocycles. The van der Waals surface area contributed by atoms with E-state index in [1.807, 2.05) is 30.3 Å². The molecule has 28 heavy (non-hydrogen) atoms. The molecule has 2 fully saturated rings. The van der Waals surface area contributed by atoms with Crippen LogP contribution in [0.3, 0.4) is 0 Å². The Labute approximate surface area is 167 Å². The monoisotopic (exact) mass is 395 g/mol. The van der Waals surface area contributed by atoms with Crippen molar-refractivity contribution in [2.75, 3.05) is 11.4 Å². The second-order valence-corrected chi connectivity index (χ2v) is 8.04. The van der Waals surface area contributed by atoms with Crippen LogP contribution in [0, 0.1) is 17.7 Å². The van der Waals surface area contributed by atoms with Gasteiger partial charge in [0.1, 0.15) is 5.82 Å². The second kappa shape index (κ2) is 6.45. The summed E-state index contributed by atoms with van der Waals surface area (Å²) in [7, 11) is 0. The normalized spacial score (nSPS) is 25.6. The van der Waals surface area contributed by atoms with Crippen molar-refractivity contribution in [2.24, 2.45) is 11.8 Å². The molecule has 4 nitrogen and oxygen atoms in total. The van der Waals surface area contributed by atoms with Crippen molar-refractivity contribution < 1.29 is 9.18 Å². The van der Waals surface area contributed by atoms with E-state index in [2.05, 4.69) is 15.2 Å². The molecule has 1 saturated carbocycles. The van der Waals surface area contributed by atoms with Crippen molar-refractivity contribution in [2.45, 2.75) is 19.0 Å². The lowest BCUT2D eigenvalue weighted by Gasteiger charge is -2.32. The summed E-state index contributed by atoms with van der Waals surface area (Å²) >= 11 is 6.09. The summed E-state index contributed by atoms with van der Waals surface area (Å²) < 4.78 is 14.0. The van der Waals surface area contributed by atoms with Gasteiger partial charge < -0.3 is 10.2 Å². The molecular formula is C22H19ClFN3O. The van der Waals surface area contributed by atoms with Crippen molar-refractivity contribution in [1.82, 2.24) is 10.3 Å². The summed E-state index contributed by atoms with van der Waals surface area (Å²) in [6.45, 7) is 2.36. The highest BCUT2D eigenvalue weighted by molar-refractivity contribution is 6.30. The molecule has 142 valence electrons. The molecule has 1 aliphatic heterocycles. The fourth-order valence-electron chi connectivity index (χ4n) is 4.72. The van der Waals surface area contributed by atoms with Crippen LogP contribution in [0.2, 0.25) is 5.02 Å². The van der Waals surface area contributed by atoms with Gasteiger partial charge in [-0.15, -0.1) is 0 Å². The summed E-state index contributed by atoms with van der Waals surface area (Å²) in [4.78, 5) is 18.3. The predicted molar refractivity (Wildman–Crippen MR) is 108 cm³/mol. The van der Waals surface area contributed by atoms with Crippen molar-refractivity contribution in [3.8, 4) is 0 Å². The number of fused-ring (bicyclic) bond motifs is 2. The Morgan fingerprint density at radius 2 is 2.00 bits per heavy atom. The van der Waals surface area contributed by atoms with Gasteiger partial charge in [-0.1, -0.05) is 23.7 Å². The van der Waals surface area contributed by atoms with Gasteiger partial charge in [0.2, 0.25) is 5.91 Å². The molecule has 1 N–H and O–H groups in total. The number of benzene rings is 2. The van der Waals surface area contributed by atoms with Crippen molar-refractivity contribution in [1.29, 1.82) is 0 Å². The minimum atomic E-state index is -0.273. The standard InChI is InChI=1S/C22H19ClFN3O/c1-12(28)26-21-17-11-27(22(20(17)21)13-2-4-14(23)5-3-13)19-8-9-25-18-7-6-15(24)10-16(18)19/h2-10,17,20-22H,11H2,1H3,(H,26,28). The molecule has 1 aromatic heterocycles. The fraction of sp³-hybridized carbons (Fsp3) is 0.273. The number of piperidine rings is 1. The van der Waals surface area contributed by atoms with Crippen LogP contribution in [0.25, 0.3) is 10.9 Å². The average Bonchev–Trinajstić information content (AvgIpc) is 3.16. The van der Waals surface area contributed by atoms with Gasteiger partial charge in [-0.25, -0.2) is 4.39 Å². The molecule has 4 unspecified atom stereocenters. The molecule has 3 aromatic rings. The zero-order chi connectivity index (χ0) is 19.4. The van der Waals surface area contributed by atoms with Crippen LogP contribution in [0.5, 0.6) is 0 Å². The molecule has 0 radical (unpaired) electrons. The van der Waals surface area contributed by atoms with Gasteiger partial charge in [0.15, 0.2) is 0 Å². The van der Waals surface area contributed by atoms with Crippen LogP contribution in [0.15, 0.2) is 54.7 Å². The van der Waals surface area contributed by atoms with Crippen LogP contribution in [-0.2, 0) is 4.79 Å². The Morgan fingerprint density at radius 1 is 1.21 bits per heavy atom. The van der Waals surface area contributed by atoms with E-state index >= 15 is 0 Å². The minimum Gasteiger partial charge on any atom is -0.363 e. The predicted octanol–water partition coefficient (Wildman–Crippen LogP) is 4.34. The van der Waals surface area contributed by atoms with E-state index in [4.69, 9.17) is 11.6 Å². The minimum absolute atomic E-state index is 0.00256. The van der Waals surface area contributed by atoms with Gasteiger partial charge in [0, 0.05) is 53.6 Å². The van der Waals surface area contributed by atoms with Crippen LogP contribution >= 0.6 is 11.6 Å². The number of halogens is 2.